The summed E-state index contributed by atoms with van der Waals surface area (Å²) in [6.07, 6.45) is 4.46. The minimum atomic E-state index is -0.175. The molecule has 100 valence electrons. The number of benzene rings is 1. The highest BCUT2D eigenvalue weighted by Crippen LogP contribution is 2.43. The van der Waals surface area contributed by atoms with Crippen molar-refractivity contribution in [3.63, 3.8) is 0 Å². The lowest BCUT2D eigenvalue weighted by Crippen LogP contribution is -2.48. The molecule has 0 aromatic heterocycles. The van der Waals surface area contributed by atoms with E-state index >= 15 is 0 Å². The van der Waals surface area contributed by atoms with E-state index < -0.39 is 0 Å². The van der Waals surface area contributed by atoms with Gasteiger partial charge in [0.25, 0.3) is 0 Å². The Bertz CT molecular complexity index is 419. The molecule has 1 aliphatic rings. The van der Waals surface area contributed by atoms with Crippen LogP contribution >= 0.6 is 15.9 Å². The number of hydrogen-bond donors (Lipinski definition) is 2. The summed E-state index contributed by atoms with van der Waals surface area (Å²) in [6, 6.07) is 8.11. The fourth-order valence-electron chi connectivity index (χ4n) is 3.13. The van der Waals surface area contributed by atoms with E-state index in [2.05, 4.69) is 41.2 Å². The molecule has 0 bridgehead atoms. The molecular formula is C15H22BrNO. The lowest BCUT2D eigenvalue weighted by atomic mass is 9.68. The fourth-order valence-corrected chi connectivity index (χ4v) is 3.51. The van der Waals surface area contributed by atoms with E-state index in [0.717, 1.165) is 23.0 Å². The number of nitrogens with one attached hydrogen (secondary N) is 1. The summed E-state index contributed by atoms with van der Waals surface area (Å²) in [4.78, 5) is 0. The largest absolute Gasteiger partial charge is 0.394 e. The van der Waals surface area contributed by atoms with Crippen LogP contribution in [0.2, 0.25) is 0 Å². The summed E-state index contributed by atoms with van der Waals surface area (Å²) in [7, 11) is 0. The molecule has 3 heteroatoms. The van der Waals surface area contributed by atoms with Gasteiger partial charge in [-0.15, -0.1) is 0 Å². The summed E-state index contributed by atoms with van der Waals surface area (Å²) >= 11 is 3.56. The zero-order valence-corrected chi connectivity index (χ0v) is 12.8. The van der Waals surface area contributed by atoms with Crippen LogP contribution in [0.4, 0.5) is 5.69 Å². The van der Waals surface area contributed by atoms with Crippen molar-refractivity contribution in [2.24, 2.45) is 5.41 Å². The van der Waals surface area contributed by atoms with E-state index in [1.807, 2.05) is 18.2 Å². The Labute approximate surface area is 118 Å². The highest BCUT2D eigenvalue weighted by molar-refractivity contribution is 9.10. The van der Waals surface area contributed by atoms with Gasteiger partial charge in [-0.05, 0) is 52.7 Å². The first-order chi connectivity index (χ1) is 8.46. The SMILES string of the molecule is CC1(C)CCCC(CO)(Nc2ccccc2Br)C1. The van der Waals surface area contributed by atoms with Crippen LogP contribution in [0.3, 0.4) is 0 Å². The fraction of sp³-hybridized carbons (Fsp3) is 0.600. The molecule has 2 N–H and O–H groups in total. The Balaban J connectivity index is 2.21. The first kappa shape index (κ1) is 13.9. The van der Waals surface area contributed by atoms with Crippen LogP contribution in [-0.4, -0.2) is 17.3 Å². The molecule has 1 fully saturated rings. The topological polar surface area (TPSA) is 32.3 Å². The normalized spacial score (nSPS) is 26.9. The Morgan fingerprint density at radius 2 is 2.00 bits per heavy atom. The van der Waals surface area contributed by atoms with E-state index in [4.69, 9.17) is 0 Å². The first-order valence-electron chi connectivity index (χ1n) is 6.60. The van der Waals surface area contributed by atoms with E-state index in [1.165, 1.54) is 12.8 Å². The van der Waals surface area contributed by atoms with E-state index in [1.54, 1.807) is 0 Å². The van der Waals surface area contributed by atoms with Crippen molar-refractivity contribution >= 4 is 21.6 Å². The number of hydrogen-bond acceptors (Lipinski definition) is 2. The van der Waals surface area contributed by atoms with Gasteiger partial charge in [0.05, 0.1) is 12.1 Å². The minimum Gasteiger partial charge on any atom is -0.394 e. The number of anilines is 1. The first-order valence-corrected chi connectivity index (χ1v) is 7.39. The van der Waals surface area contributed by atoms with Gasteiger partial charge in [0.1, 0.15) is 0 Å². The Morgan fingerprint density at radius 1 is 1.28 bits per heavy atom. The molecule has 1 aliphatic carbocycles. The maximum atomic E-state index is 9.85. The second kappa shape index (κ2) is 5.22. The summed E-state index contributed by atoms with van der Waals surface area (Å²) < 4.78 is 1.06. The molecule has 0 saturated heterocycles. The van der Waals surface area contributed by atoms with E-state index in [9.17, 15) is 5.11 Å². The molecule has 0 radical (unpaired) electrons. The number of rotatable bonds is 3. The average Bonchev–Trinajstić information content (AvgIpc) is 2.31. The van der Waals surface area contributed by atoms with Gasteiger partial charge in [-0.3, -0.25) is 0 Å². The molecule has 2 rings (SSSR count). The molecule has 2 nitrogen and oxygen atoms in total. The summed E-state index contributed by atoms with van der Waals surface area (Å²) in [5.74, 6) is 0. The Hall–Kier alpha value is -0.540. The molecule has 0 amide bonds. The van der Waals surface area contributed by atoms with Crippen molar-refractivity contribution in [3.8, 4) is 0 Å². The maximum absolute atomic E-state index is 9.85. The van der Waals surface area contributed by atoms with Gasteiger partial charge in [0.2, 0.25) is 0 Å². The van der Waals surface area contributed by atoms with Gasteiger partial charge in [0, 0.05) is 10.2 Å². The standard InChI is InChI=1S/C15H22BrNO/c1-14(2)8-5-9-15(10-14,11-18)17-13-7-4-3-6-12(13)16/h3-4,6-7,17-18H,5,8-11H2,1-2H3. The zero-order valence-electron chi connectivity index (χ0n) is 11.2. The number of halogens is 1. The van der Waals surface area contributed by atoms with Gasteiger partial charge in [-0.2, -0.15) is 0 Å². The molecule has 18 heavy (non-hydrogen) atoms. The van der Waals surface area contributed by atoms with Gasteiger partial charge < -0.3 is 10.4 Å². The molecule has 0 spiro atoms. The van der Waals surface area contributed by atoms with Gasteiger partial charge in [-0.25, -0.2) is 0 Å². The van der Waals surface area contributed by atoms with Crippen molar-refractivity contribution in [2.45, 2.75) is 45.1 Å². The maximum Gasteiger partial charge on any atom is 0.0661 e. The third-order valence-electron chi connectivity index (χ3n) is 3.90. The predicted octanol–water partition coefficient (Wildman–Crippen LogP) is 4.19. The van der Waals surface area contributed by atoms with Crippen molar-refractivity contribution in [2.75, 3.05) is 11.9 Å². The highest BCUT2D eigenvalue weighted by atomic mass is 79.9. The molecule has 1 aromatic carbocycles. The molecule has 0 aliphatic heterocycles. The van der Waals surface area contributed by atoms with Gasteiger partial charge in [0.15, 0.2) is 0 Å². The summed E-state index contributed by atoms with van der Waals surface area (Å²) in [5.41, 5.74) is 1.20. The molecule has 1 unspecified atom stereocenters. The van der Waals surface area contributed by atoms with Crippen LogP contribution in [0.5, 0.6) is 0 Å². The van der Waals surface area contributed by atoms with Crippen LogP contribution in [0.25, 0.3) is 0 Å². The third kappa shape index (κ3) is 3.07. The highest BCUT2D eigenvalue weighted by Gasteiger charge is 2.39. The molecule has 1 aromatic rings. The molecule has 0 heterocycles. The third-order valence-corrected chi connectivity index (χ3v) is 4.59. The second-order valence-electron chi connectivity index (χ2n) is 6.24. The lowest BCUT2D eigenvalue weighted by Gasteiger charge is -2.45. The van der Waals surface area contributed by atoms with E-state index in [-0.39, 0.29) is 12.1 Å². The number of aliphatic hydroxyl groups is 1. The quantitative estimate of drug-likeness (QED) is 0.877. The summed E-state index contributed by atoms with van der Waals surface area (Å²) in [6.45, 7) is 4.77. The monoisotopic (exact) mass is 311 g/mol. The van der Waals surface area contributed by atoms with Crippen molar-refractivity contribution in [1.82, 2.24) is 0 Å². The second-order valence-corrected chi connectivity index (χ2v) is 7.09. The van der Waals surface area contributed by atoms with Gasteiger partial charge in [-0.1, -0.05) is 32.4 Å². The lowest BCUT2D eigenvalue weighted by molar-refractivity contribution is 0.105. The number of aliphatic hydroxyl groups excluding tert-OH is 1. The average molecular weight is 312 g/mol. The Morgan fingerprint density at radius 3 is 2.61 bits per heavy atom. The number of para-hydroxylation sites is 1. The van der Waals surface area contributed by atoms with Crippen molar-refractivity contribution in [3.05, 3.63) is 28.7 Å². The predicted molar refractivity (Wildman–Crippen MR) is 79.8 cm³/mol. The smallest absolute Gasteiger partial charge is 0.0661 e. The van der Waals surface area contributed by atoms with Gasteiger partial charge >= 0.3 is 0 Å². The van der Waals surface area contributed by atoms with Crippen LogP contribution in [-0.2, 0) is 0 Å². The molecular weight excluding hydrogens is 290 g/mol. The zero-order chi connectivity index (χ0) is 13.2. The van der Waals surface area contributed by atoms with Crippen molar-refractivity contribution < 1.29 is 5.11 Å². The van der Waals surface area contributed by atoms with Crippen molar-refractivity contribution in [1.29, 1.82) is 0 Å². The Kier molecular flexibility index (Phi) is 4.02. The summed E-state index contributed by atoms with van der Waals surface area (Å²) in [5, 5.41) is 13.4. The minimum absolute atomic E-state index is 0.175. The molecule has 1 saturated carbocycles. The molecule has 1 atom stereocenters. The van der Waals surface area contributed by atoms with E-state index in [0.29, 0.717) is 5.41 Å². The van der Waals surface area contributed by atoms with Crippen LogP contribution in [0.15, 0.2) is 28.7 Å². The van der Waals surface area contributed by atoms with Crippen LogP contribution in [0, 0.1) is 5.41 Å². The van der Waals surface area contributed by atoms with Crippen LogP contribution < -0.4 is 5.32 Å². The van der Waals surface area contributed by atoms with Crippen LogP contribution in [0.1, 0.15) is 39.5 Å².